The van der Waals surface area contributed by atoms with Crippen LogP contribution in [0, 0.1) is 0 Å². The molecule has 0 radical (unpaired) electrons. The molecule has 0 amide bonds. The molecule has 0 atom stereocenters. The zero-order valence-corrected chi connectivity index (χ0v) is 9.75. The molecule has 15 heavy (non-hydrogen) atoms. The number of hydrogen-bond acceptors (Lipinski definition) is 4. The summed E-state index contributed by atoms with van der Waals surface area (Å²) in [6.45, 7) is 1.64. The highest BCUT2D eigenvalue weighted by atomic mass is 79.9. The highest BCUT2D eigenvalue weighted by Crippen LogP contribution is 2.38. The maximum atomic E-state index is 5.58. The van der Waals surface area contributed by atoms with Crippen molar-refractivity contribution in [1.82, 2.24) is 0 Å². The van der Waals surface area contributed by atoms with E-state index in [2.05, 4.69) is 20.8 Å². The van der Waals surface area contributed by atoms with Crippen molar-refractivity contribution in [2.24, 2.45) is 5.90 Å². The van der Waals surface area contributed by atoms with Crippen molar-refractivity contribution in [2.45, 2.75) is 6.42 Å². The van der Waals surface area contributed by atoms with E-state index in [0.29, 0.717) is 26.2 Å². The second-order valence-corrected chi connectivity index (χ2v) is 4.03. The van der Waals surface area contributed by atoms with Gasteiger partial charge in [0.2, 0.25) is 0 Å². The Hall–Kier alpha value is -0.780. The molecule has 0 aromatic heterocycles. The van der Waals surface area contributed by atoms with Crippen LogP contribution in [0.15, 0.2) is 16.6 Å². The minimum absolute atomic E-state index is 0.457. The highest BCUT2D eigenvalue weighted by Gasteiger charge is 2.17. The number of halogens is 1. The van der Waals surface area contributed by atoms with E-state index in [1.807, 2.05) is 12.1 Å². The van der Waals surface area contributed by atoms with E-state index in [9.17, 15) is 0 Å². The molecule has 0 fully saturated rings. The molecule has 0 saturated carbocycles. The molecule has 1 aliphatic heterocycles. The van der Waals surface area contributed by atoms with Gasteiger partial charge in [-0.3, -0.25) is 0 Å². The zero-order chi connectivity index (χ0) is 10.7. The predicted molar refractivity (Wildman–Crippen MR) is 59.0 cm³/mol. The number of hydrogen-bond donors (Lipinski definition) is 1. The number of ether oxygens (including phenoxy) is 2. The Bertz CT molecular complexity index is 357. The van der Waals surface area contributed by atoms with Gasteiger partial charge in [-0.2, -0.15) is 0 Å². The van der Waals surface area contributed by atoms with Crippen molar-refractivity contribution in [3.8, 4) is 11.5 Å². The van der Waals surface area contributed by atoms with Crippen molar-refractivity contribution in [1.29, 1.82) is 0 Å². The minimum atomic E-state index is 0.457. The molecule has 1 aromatic rings. The molecule has 1 aliphatic rings. The SMILES string of the molecule is NOCCc1c(Br)ccc2c1OCCO2. The van der Waals surface area contributed by atoms with E-state index in [1.165, 1.54) is 0 Å². The number of fused-ring (bicyclic) bond motifs is 1. The van der Waals surface area contributed by atoms with Gasteiger partial charge in [-0.05, 0) is 12.1 Å². The molecule has 2 rings (SSSR count). The van der Waals surface area contributed by atoms with Crippen LogP contribution in [0.2, 0.25) is 0 Å². The number of rotatable bonds is 3. The third-order valence-electron chi connectivity index (χ3n) is 2.22. The molecule has 0 aliphatic carbocycles. The molecule has 5 heteroatoms. The Morgan fingerprint density at radius 1 is 1.33 bits per heavy atom. The number of nitrogens with two attached hydrogens (primary N) is 1. The molecule has 0 unspecified atom stereocenters. The maximum Gasteiger partial charge on any atom is 0.165 e. The van der Waals surface area contributed by atoms with Crippen LogP contribution in [0.3, 0.4) is 0 Å². The molecule has 4 nitrogen and oxygen atoms in total. The van der Waals surface area contributed by atoms with E-state index in [4.69, 9.17) is 15.4 Å². The number of benzene rings is 1. The smallest absolute Gasteiger partial charge is 0.165 e. The predicted octanol–water partition coefficient (Wildman–Crippen LogP) is 1.65. The van der Waals surface area contributed by atoms with Gasteiger partial charge in [0, 0.05) is 16.5 Å². The second-order valence-electron chi connectivity index (χ2n) is 3.17. The summed E-state index contributed by atoms with van der Waals surface area (Å²) in [6.07, 6.45) is 0.698. The Morgan fingerprint density at radius 3 is 2.93 bits per heavy atom. The summed E-state index contributed by atoms with van der Waals surface area (Å²) in [5, 5.41) is 0. The fourth-order valence-corrected chi connectivity index (χ4v) is 2.05. The zero-order valence-electron chi connectivity index (χ0n) is 8.16. The second kappa shape index (κ2) is 4.83. The van der Waals surface area contributed by atoms with Crippen LogP contribution in [-0.2, 0) is 11.3 Å². The summed E-state index contributed by atoms with van der Waals surface area (Å²) in [7, 11) is 0. The Labute approximate surface area is 96.4 Å². The van der Waals surface area contributed by atoms with Crippen molar-refractivity contribution in [3.05, 3.63) is 22.2 Å². The van der Waals surface area contributed by atoms with Gasteiger partial charge in [0.25, 0.3) is 0 Å². The summed E-state index contributed by atoms with van der Waals surface area (Å²) in [5.74, 6) is 6.60. The van der Waals surface area contributed by atoms with Crippen LogP contribution < -0.4 is 15.4 Å². The topological polar surface area (TPSA) is 53.7 Å². The third kappa shape index (κ3) is 2.25. The van der Waals surface area contributed by atoms with Crippen molar-refractivity contribution in [3.63, 3.8) is 0 Å². The lowest BCUT2D eigenvalue weighted by Gasteiger charge is -2.21. The van der Waals surface area contributed by atoms with E-state index in [0.717, 1.165) is 21.5 Å². The van der Waals surface area contributed by atoms with Crippen molar-refractivity contribution < 1.29 is 14.3 Å². The lowest BCUT2D eigenvalue weighted by molar-refractivity contribution is 0.137. The Morgan fingerprint density at radius 2 is 2.13 bits per heavy atom. The van der Waals surface area contributed by atoms with Gasteiger partial charge in [0.15, 0.2) is 11.5 Å². The summed E-state index contributed by atoms with van der Waals surface area (Å²) in [5.41, 5.74) is 1.04. The fraction of sp³-hybridized carbons (Fsp3) is 0.400. The quantitative estimate of drug-likeness (QED) is 0.851. The third-order valence-corrected chi connectivity index (χ3v) is 2.97. The van der Waals surface area contributed by atoms with Crippen molar-refractivity contribution in [2.75, 3.05) is 19.8 Å². The van der Waals surface area contributed by atoms with Gasteiger partial charge in [0.1, 0.15) is 13.2 Å². The molecule has 0 saturated heterocycles. The lowest BCUT2D eigenvalue weighted by atomic mass is 10.1. The Kier molecular flexibility index (Phi) is 3.45. The largest absolute Gasteiger partial charge is 0.486 e. The van der Waals surface area contributed by atoms with Crippen LogP contribution in [0.5, 0.6) is 11.5 Å². The summed E-state index contributed by atoms with van der Waals surface area (Å²) >= 11 is 3.47. The van der Waals surface area contributed by atoms with Gasteiger partial charge >= 0.3 is 0 Å². The molecule has 0 spiro atoms. The normalized spacial score (nSPS) is 14.0. The van der Waals surface area contributed by atoms with Crippen LogP contribution in [0.25, 0.3) is 0 Å². The molecular formula is C10H12BrNO3. The molecule has 82 valence electrons. The summed E-state index contributed by atoms with van der Waals surface area (Å²) in [4.78, 5) is 4.57. The average molecular weight is 274 g/mol. The van der Waals surface area contributed by atoms with Crippen LogP contribution in [0.1, 0.15) is 5.56 Å². The van der Waals surface area contributed by atoms with E-state index in [-0.39, 0.29) is 0 Å². The summed E-state index contributed by atoms with van der Waals surface area (Å²) in [6, 6.07) is 3.84. The van der Waals surface area contributed by atoms with Gasteiger partial charge in [-0.1, -0.05) is 15.9 Å². The molecule has 0 bridgehead atoms. The highest BCUT2D eigenvalue weighted by molar-refractivity contribution is 9.10. The standard InChI is InChI=1S/C10H12BrNO3/c11-8-1-2-9-10(14-6-5-13-9)7(8)3-4-15-12/h1-2H,3-6,12H2. The van der Waals surface area contributed by atoms with E-state index >= 15 is 0 Å². The van der Waals surface area contributed by atoms with Gasteiger partial charge < -0.3 is 14.3 Å². The minimum Gasteiger partial charge on any atom is -0.486 e. The average Bonchev–Trinajstić information content (AvgIpc) is 2.28. The van der Waals surface area contributed by atoms with Crippen LogP contribution in [-0.4, -0.2) is 19.8 Å². The molecule has 2 N–H and O–H groups in total. The van der Waals surface area contributed by atoms with Gasteiger partial charge in [-0.15, -0.1) is 0 Å². The van der Waals surface area contributed by atoms with Gasteiger partial charge in [-0.25, -0.2) is 5.90 Å². The first-order valence-corrected chi connectivity index (χ1v) is 5.51. The van der Waals surface area contributed by atoms with Gasteiger partial charge in [0.05, 0.1) is 6.61 Å². The maximum absolute atomic E-state index is 5.58. The fourth-order valence-electron chi connectivity index (χ4n) is 1.54. The van der Waals surface area contributed by atoms with Crippen LogP contribution >= 0.6 is 15.9 Å². The monoisotopic (exact) mass is 273 g/mol. The van der Waals surface area contributed by atoms with Crippen LogP contribution in [0.4, 0.5) is 0 Å². The first kappa shape index (κ1) is 10.7. The Balaban J connectivity index is 2.32. The molecular weight excluding hydrogens is 262 g/mol. The van der Waals surface area contributed by atoms with E-state index < -0.39 is 0 Å². The lowest BCUT2D eigenvalue weighted by Crippen LogP contribution is -2.17. The van der Waals surface area contributed by atoms with Crippen molar-refractivity contribution >= 4 is 15.9 Å². The first-order valence-electron chi connectivity index (χ1n) is 4.71. The molecule has 1 aromatic carbocycles. The first-order chi connectivity index (χ1) is 7.33. The summed E-state index contributed by atoms with van der Waals surface area (Å²) < 4.78 is 12.1. The van der Waals surface area contributed by atoms with E-state index in [1.54, 1.807) is 0 Å². The molecule has 1 heterocycles.